The number of benzene rings is 2. The molecule has 3 aromatic rings. The fourth-order valence-corrected chi connectivity index (χ4v) is 3.00. The third-order valence-electron chi connectivity index (χ3n) is 4.51. The minimum absolute atomic E-state index is 0. The monoisotopic (exact) mass is 419 g/mol. The van der Waals surface area contributed by atoms with Crippen LogP contribution in [0, 0.1) is 5.82 Å². The molecule has 2 heterocycles. The lowest BCUT2D eigenvalue weighted by molar-refractivity contribution is -0.140. The highest BCUT2D eigenvalue weighted by Gasteiger charge is 2.33. The van der Waals surface area contributed by atoms with Gasteiger partial charge in [0.2, 0.25) is 0 Å². The molecule has 30 heavy (non-hydrogen) atoms. The number of pyridine rings is 1. The van der Waals surface area contributed by atoms with Crippen LogP contribution in [0.2, 0.25) is 0 Å². The van der Waals surface area contributed by atoms with Crippen LogP contribution in [-0.4, -0.2) is 22.5 Å². The van der Waals surface area contributed by atoms with Crippen molar-refractivity contribution in [2.45, 2.75) is 19.1 Å². The van der Waals surface area contributed by atoms with Gasteiger partial charge in [0.05, 0.1) is 17.4 Å². The summed E-state index contributed by atoms with van der Waals surface area (Å²) in [4.78, 5) is 18.0. The smallest absolute Gasteiger partial charge is 0.320 e. The van der Waals surface area contributed by atoms with Crippen LogP contribution < -0.4 is 5.32 Å². The topological polar surface area (TPSA) is 45.2 Å². The lowest BCUT2D eigenvalue weighted by Crippen LogP contribution is -2.38. The van der Waals surface area contributed by atoms with Crippen LogP contribution in [0.5, 0.6) is 0 Å². The molecule has 2 aromatic carbocycles. The number of amides is 2. The minimum Gasteiger partial charge on any atom is -0.320 e. The number of rotatable bonds is 1. The van der Waals surface area contributed by atoms with Gasteiger partial charge in [0, 0.05) is 20.7 Å². The van der Waals surface area contributed by atoms with E-state index < -0.39 is 17.6 Å². The molecule has 0 saturated carbocycles. The van der Waals surface area contributed by atoms with Crippen LogP contribution in [0.25, 0.3) is 0 Å². The van der Waals surface area contributed by atoms with Gasteiger partial charge < -0.3 is 10.2 Å². The van der Waals surface area contributed by atoms with E-state index in [1.54, 1.807) is 18.5 Å². The van der Waals surface area contributed by atoms with Gasteiger partial charge in [0.1, 0.15) is 5.82 Å². The summed E-state index contributed by atoms with van der Waals surface area (Å²) in [6, 6.07) is 15.7. The van der Waals surface area contributed by atoms with Crippen LogP contribution in [0.15, 0.2) is 73.1 Å². The van der Waals surface area contributed by atoms with Crippen molar-refractivity contribution in [3.63, 3.8) is 0 Å². The molecule has 0 bridgehead atoms. The summed E-state index contributed by atoms with van der Waals surface area (Å²) in [6.45, 7) is 1.42. The number of alkyl halides is 3. The maximum Gasteiger partial charge on any atom is 0.419 e. The number of urea groups is 1. The van der Waals surface area contributed by atoms with E-state index in [-0.39, 0.29) is 7.46 Å². The van der Waals surface area contributed by atoms with Crippen molar-refractivity contribution in [1.82, 2.24) is 9.88 Å². The number of halogens is 4. The molecule has 0 saturated heterocycles. The maximum absolute atomic E-state index is 12.4. The van der Waals surface area contributed by atoms with Gasteiger partial charge in [0.25, 0.3) is 0 Å². The molecule has 0 fully saturated rings. The number of nitrogens with zero attached hydrogens (tertiary/aromatic N) is 2. The van der Waals surface area contributed by atoms with Crippen molar-refractivity contribution in [1.29, 1.82) is 0 Å². The molecule has 158 valence electrons. The number of carbonyl (C=O) groups is 1. The summed E-state index contributed by atoms with van der Waals surface area (Å²) < 4.78 is 47.8. The molecule has 1 aliphatic heterocycles. The van der Waals surface area contributed by atoms with E-state index in [0.717, 1.165) is 30.8 Å². The first kappa shape index (κ1) is 21.3. The third kappa shape index (κ3) is 5.56. The Kier molecular flexibility index (Phi) is 6.66. The Balaban J connectivity index is 0.000000245. The number of hydrogen-bond acceptors (Lipinski definition) is 2. The molecule has 0 unspecified atom stereocenters. The highest BCUT2D eigenvalue weighted by atomic mass is 19.4. The van der Waals surface area contributed by atoms with E-state index in [9.17, 15) is 22.4 Å². The average Bonchev–Trinajstić information content (AvgIpc) is 2.74. The highest BCUT2D eigenvalue weighted by molar-refractivity contribution is 5.89. The molecular weight excluding hydrogens is 398 g/mol. The van der Waals surface area contributed by atoms with Crippen molar-refractivity contribution in [2.24, 2.45) is 0 Å². The maximum atomic E-state index is 12.4. The Bertz CT molecular complexity index is 999. The Morgan fingerprint density at radius 1 is 1.00 bits per heavy atom. The van der Waals surface area contributed by atoms with Crippen LogP contribution >= 0.6 is 0 Å². The molecule has 0 aliphatic carbocycles. The van der Waals surface area contributed by atoms with Crippen molar-refractivity contribution in [3.05, 3.63) is 95.6 Å². The molecule has 2 amide bonds. The second-order valence-corrected chi connectivity index (χ2v) is 6.59. The normalized spacial score (nSPS) is 13.0. The zero-order valence-electron chi connectivity index (χ0n) is 15.9. The molecule has 1 aliphatic rings. The van der Waals surface area contributed by atoms with Gasteiger partial charge in [-0.1, -0.05) is 36.4 Å². The standard InChI is InChI=1S/C15H15N3O.C7H4F4.H2/c19-15(17-14-6-3-8-16-10-14)18-9-7-12-4-1-2-5-13(12)11-18;8-6-4-2-1-3-5(6)7(9,10)11;/h1-6,8,10H,7,9,11H2,(H,17,19);1-4H;1H. The van der Waals surface area contributed by atoms with Crippen molar-refractivity contribution < 1.29 is 23.8 Å². The summed E-state index contributed by atoms with van der Waals surface area (Å²) >= 11 is 0. The predicted molar refractivity (Wildman–Crippen MR) is 107 cm³/mol. The molecule has 4 nitrogen and oxygen atoms in total. The molecule has 0 atom stereocenters. The van der Waals surface area contributed by atoms with E-state index in [1.807, 2.05) is 23.1 Å². The van der Waals surface area contributed by atoms with Gasteiger partial charge >= 0.3 is 12.2 Å². The van der Waals surface area contributed by atoms with E-state index in [2.05, 4.69) is 22.4 Å². The van der Waals surface area contributed by atoms with Crippen molar-refractivity contribution in [2.75, 3.05) is 11.9 Å². The van der Waals surface area contributed by atoms with Gasteiger partial charge in [-0.15, -0.1) is 0 Å². The van der Waals surface area contributed by atoms with Gasteiger partial charge in [-0.05, 0) is 41.8 Å². The predicted octanol–water partition coefficient (Wildman–Crippen LogP) is 5.76. The number of hydrogen-bond donors (Lipinski definition) is 1. The second kappa shape index (κ2) is 9.39. The van der Waals surface area contributed by atoms with Crippen LogP contribution in [-0.2, 0) is 19.1 Å². The van der Waals surface area contributed by atoms with Crippen molar-refractivity contribution >= 4 is 11.7 Å². The number of nitrogens with one attached hydrogen (secondary N) is 1. The van der Waals surface area contributed by atoms with Crippen LogP contribution in [0.4, 0.5) is 28.0 Å². The summed E-state index contributed by atoms with van der Waals surface area (Å²) in [7, 11) is 0. The van der Waals surface area contributed by atoms with Crippen LogP contribution in [0.3, 0.4) is 0 Å². The molecule has 4 rings (SSSR count). The Morgan fingerprint density at radius 2 is 1.70 bits per heavy atom. The summed E-state index contributed by atoms with van der Waals surface area (Å²) in [5.41, 5.74) is 2.08. The number of anilines is 1. The number of carbonyl (C=O) groups excluding carboxylic acids is 1. The fraction of sp³-hybridized carbons (Fsp3) is 0.182. The third-order valence-corrected chi connectivity index (χ3v) is 4.51. The van der Waals surface area contributed by atoms with Gasteiger partial charge in [-0.3, -0.25) is 4.98 Å². The van der Waals surface area contributed by atoms with E-state index in [0.29, 0.717) is 12.6 Å². The Hall–Kier alpha value is -3.42. The molecular formula is C22H21F4N3O. The second-order valence-electron chi connectivity index (χ2n) is 6.59. The Labute approximate surface area is 172 Å². The summed E-state index contributed by atoms with van der Waals surface area (Å²) in [5.74, 6) is -1.24. The fourth-order valence-electron chi connectivity index (χ4n) is 3.00. The number of aromatic nitrogens is 1. The molecule has 1 aromatic heterocycles. The van der Waals surface area contributed by atoms with E-state index >= 15 is 0 Å². The SMILES string of the molecule is Fc1ccccc1C(F)(F)F.O=C(Nc1cccnc1)N1CCc2ccccc2C1.[HH]. The zero-order valence-corrected chi connectivity index (χ0v) is 15.9. The molecule has 8 heteroatoms. The molecule has 1 N–H and O–H groups in total. The van der Waals surface area contributed by atoms with Crippen LogP contribution in [0.1, 0.15) is 18.1 Å². The van der Waals surface area contributed by atoms with Gasteiger partial charge in [-0.2, -0.15) is 13.2 Å². The van der Waals surface area contributed by atoms with Gasteiger partial charge in [0.15, 0.2) is 0 Å². The zero-order chi connectivity index (χ0) is 21.6. The van der Waals surface area contributed by atoms with Crippen molar-refractivity contribution in [3.8, 4) is 0 Å². The lowest BCUT2D eigenvalue weighted by Gasteiger charge is -2.28. The minimum atomic E-state index is -4.59. The average molecular weight is 419 g/mol. The molecule has 0 radical (unpaired) electrons. The summed E-state index contributed by atoms with van der Waals surface area (Å²) in [6.07, 6.45) is -0.343. The first-order chi connectivity index (χ1) is 14.3. The summed E-state index contributed by atoms with van der Waals surface area (Å²) in [5, 5.41) is 2.87. The van der Waals surface area contributed by atoms with E-state index in [1.165, 1.54) is 17.2 Å². The first-order valence-electron chi connectivity index (χ1n) is 9.19. The van der Waals surface area contributed by atoms with E-state index in [4.69, 9.17) is 0 Å². The quantitative estimate of drug-likeness (QED) is 0.510. The molecule has 0 spiro atoms. The number of fused-ring (bicyclic) bond motifs is 1. The Morgan fingerprint density at radius 3 is 2.33 bits per heavy atom. The highest BCUT2D eigenvalue weighted by Crippen LogP contribution is 2.30. The lowest BCUT2D eigenvalue weighted by atomic mass is 10.0. The largest absolute Gasteiger partial charge is 0.419 e. The van der Waals surface area contributed by atoms with Gasteiger partial charge in [-0.25, -0.2) is 9.18 Å². The first-order valence-corrected chi connectivity index (χ1v) is 9.19.